The lowest BCUT2D eigenvalue weighted by Crippen LogP contribution is -2.42. The van der Waals surface area contributed by atoms with Crippen molar-refractivity contribution in [3.05, 3.63) is 24.0 Å². The molecule has 2 rings (SSSR count). The summed E-state index contributed by atoms with van der Waals surface area (Å²) in [6, 6.07) is 5.09. The quantitative estimate of drug-likeness (QED) is 0.791. The van der Waals surface area contributed by atoms with Crippen molar-refractivity contribution in [2.24, 2.45) is 0 Å². The smallest absolute Gasteiger partial charge is 0.0606 e. The maximum Gasteiger partial charge on any atom is 0.0606 e. The standard InChI is InChI=1S/C15H25N3O/c1-3-16-12(2)15-8-7-14(11-17-15)18(9-10-19)13-5-4-6-13/h7-8,11-13,16,19H,3-6,9-10H2,1-2H3. The Labute approximate surface area is 115 Å². The van der Waals surface area contributed by atoms with E-state index >= 15 is 0 Å². The summed E-state index contributed by atoms with van der Waals surface area (Å²) in [5.41, 5.74) is 2.20. The Morgan fingerprint density at radius 3 is 2.74 bits per heavy atom. The summed E-state index contributed by atoms with van der Waals surface area (Å²) in [5.74, 6) is 0. The first kappa shape index (κ1) is 14.3. The molecule has 1 aliphatic carbocycles. The molecule has 1 unspecified atom stereocenters. The molecular formula is C15H25N3O. The Morgan fingerprint density at radius 2 is 2.26 bits per heavy atom. The molecule has 0 bridgehead atoms. The number of pyridine rings is 1. The van der Waals surface area contributed by atoms with Crippen LogP contribution >= 0.6 is 0 Å². The fraction of sp³-hybridized carbons (Fsp3) is 0.667. The van der Waals surface area contributed by atoms with Crippen LogP contribution in [-0.4, -0.2) is 35.8 Å². The number of aliphatic hydroxyl groups excluding tert-OH is 1. The van der Waals surface area contributed by atoms with E-state index in [0.29, 0.717) is 12.6 Å². The van der Waals surface area contributed by atoms with Crippen LogP contribution in [0.25, 0.3) is 0 Å². The molecule has 4 nitrogen and oxygen atoms in total. The maximum absolute atomic E-state index is 9.21. The second-order valence-electron chi connectivity index (χ2n) is 5.22. The number of hydrogen-bond donors (Lipinski definition) is 2. The zero-order chi connectivity index (χ0) is 13.7. The average molecular weight is 263 g/mol. The van der Waals surface area contributed by atoms with Crippen LogP contribution in [0.4, 0.5) is 5.69 Å². The van der Waals surface area contributed by atoms with Gasteiger partial charge in [0.15, 0.2) is 0 Å². The van der Waals surface area contributed by atoms with Gasteiger partial charge < -0.3 is 15.3 Å². The summed E-state index contributed by atoms with van der Waals surface area (Å²) in [6.07, 6.45) is 5.71. The monoisotopic (exact) mass is 263 g/mol. The molecule has 1 aromatic heterocycles. The highest BCUT2D eigenvalue weighted by atomic mass is 16.3. The van der Waals surface area contributed by atoms with Crippen molar-refractivity contribution in [1.82, 2.24) is 10.3 Å². The third-order valence-corrected chi connectivity index (χ3v) is 3.91. The van der Waals surface area contributed by atoms with E-state index in [0.717, 1.165) is 17.9 Å². The van der Waals surface area contributed by atoms with Gasteiger partial charge in [-0.05, 0) is 44.9 Å². The zero-order valence-corrected chi connectivity index (χ0v) is 12.0. The summed E-state index contributed by atoms with van der Waals surface area (Å²) in [5, 5.41) is 12.6. The predicted molar refractivity (Wildman–Crippen MR) is 78.4 cm³/mol. The highest BCUT2D eigenvalue weighted by molar-refractivity contribution is 5.46. The van der Waals surface area contributed by atoms with Crippen molar-refractivity contribution in [2.45, 2.75) is 45.2 Å². The Kier molecular flexibility index (Phi) is 5.16. The van der Waals surface area contributed by atoms with Crippen LogP contribution < -0.4 is 10.2 Å². The molecular weight excluding hydrogens is 238 g/mol. The molecule has 0 radical (unpaired) electrons. The van der Waals surface area contributed by atoms with E-state index in [2.05, 4.69) is 41.2 Å². The topological polar surface area (TPSA) is 48.4 Å². The molecule has 0 aliphatic heterocycles. The third-order valence-electron chi connectivity index (χ3n) is 3.91. The summed E-state index contributed by atoms with van der Waals surface area (Å²) in [7, 11) is 0. The van der Waals surface area contributed by atoms with E-state index in [4.69, 9.17) is 0 Å². The van der Waals surface area contributed by atoms with E-state index in [-0.39, 0.29) is 12.6 Å². The highest BCUT2D eigenvalue weighted by Crippen LogP contribution is 2.29. The number of rotatable bonds is 7. The maximum atomic E-state index is 9.21. The third kappa shape index (κ3) is 3.45. The van der Waals surface area contributed by atoms with Crippen molar-refractivity contribution in [2.75, 3.05) is 24.6 Å². The lowest BCUT2D eigenvalue weighted by Gasteiger charge is -2.38. The largest absolute Gasteiger partial charge is 0.395 e. The molecule has 0 amide bonds. The molecule has 1 aliphatic rings. The SMILES string of the molecule is CCNC(C)c1ccc(N(CCO)C2CCC2)cn1. The van der Waals surface area contributed by atoms with E-state index in [9.17, 15) is 5.11 Å². The fourth-order valence-corrected chi connectivity index (χ4v) is 2.56. The van der Waals surface area contributed by atoms with Gasteiger partial charge in [-0.15, -0.1) is 0 Å². The second-order valence-corrected chi connectivity index (χ2v) is 5.22. The zero-order valence-electron chi connectivity index (χ0n) is 12.0. The lowest BCUT2D eigenvalue weighted by molar-refractivity contribution is 0.283. The van der Waals surface area contributed by atoms with Gasteiger partial charge in [0.05, 0.1) is 24.2 Å². The highest BCUT2D eigenvalue weighted by Gasteiger charge is 2.25. The minimum absolute atomic E-state index is 0.200. The van der Waals surface area contributed by atoms with Crippen LogP contribution in [-0.2, 0) is 0 Å². The van der Waals surface area contributed by atoms with E-state index in [1.54, 1.807) is 0 Å². The number of nitrogens with zero attached hydrogens (tertiary/aromatic N) is 2. The number of nitrogens with one attached hydrogen (secondary N) is 1. The first-order valence-electron chi connectivity index (χ1n) is 7.33. The van der Waals surface area contributed by atoms with Crippen molar-refractivity contribution >= 4 is 5.69 Å². The number of aromatic nitrogens is 1. The van der Waals surface area contributed by atoms with Crippen molar-refractivity contribution in [3.63, 3.8) is 0 Å². The lowest BCUT2D eigenvalue weighted by atomic mass is 9.91. The Balaban J connectivity index is 2.06. The first-order chi connectivity index (χ1) is 9.26. The molecule has 4 heteroatoms. The van der Waals surface area contributed by atoms with Crippen molar-refractivity contribution < 1.29 is 5.11 Å². The molecule has 19 heavy (non-hydrogen) atoms. The van der Waals surface area contributed by atoms with Crippen LogP contribution in [0.1, 0.15) is 44.8 Å². The minimum Gasteiger partial charge on any atom is -0.395 e. The van der Waals surface area contributed by atoms with Crippen LogP contribution in [0.15, 0.2) is 18.3 Å². The van der Waals surface area contributed by atoms with Gasteiger partial charge in [0.1, 0.15) is 0 Å². The molecule has 2 N–H and O–H groups in total. The van der Waals surface area contributed by atoms with E-state index in [1.807, 2.05) is 6.20 Å². The van der Waals surface area contributed by atoms with Gasteiger partial charge in [0, 0.05) is 18.6 Å². The number of aliphatic hydroxyl groups is 1. The molecule has 0 spiro atoms. The molecule has 106 valence electrons. The molecule has 1 atom stereocenters. The average Bonchev–Trinajstić information content (AvgIpc) is 2.37. The molecule has 1 aromatic rings. The molecule has 1 saturated carbocycles. The minimum atomic E-state index is 0.200. The summed E-state index contributed by atoms with van der Waals surface area (Å²) >= 11 is 0. The fourth-order valence-electron chi connectivity index (χ4n) is 2.56. The number of anilines is 1. The van der Waals surface area contributed by atoms with Crippen molar-refractivity contribution in [3.8, 4) is 0 Å². The van der Waals surface area contributed by atoms with Crippen LogP contribution in [0, 0.1) is 0 Å². The normalized spacial score (nSPS) is 17.0. The first-order valence-corrected chi connectivity index (χ1v) is 7.33. The van der Waals surface area contributed by atoms with Crippen LogP contribution in [0.2, 0.25) is 0 Å². The predicted octanol–water partition coefficient (Wildman–Crippen LogP) is 2.10. The Morgan fingerprint density at radius 1 is 1.47 bits per heavy atom. The van der Waals surface area contributed by atoms with Gasteiger partial charge in [-0.3, -0.25) is 4.98 Å². The molecule has 0 aromatic carbocycles. The van der Waals surface area contributed by atoms with Crippen LogP contribution in [0.5, 0.6) is 0 Å². The summed E-state index contributed by atoms with van der Waals surface area (Å²) in [4.78, 5) is 6.85. The van der Waals surface area contributed by atoms with E-state index < -0.39 is 0 Å². The Hall–Kier alpha value is -1.13. The van der Waals surface area contributed by atoms with Crippen LogP contribution in [0.3, 0.4) is 0 Å². The molecule has 0 saturated heterocycles. The summed E-state index contributed by atoms with van der Waals surface area (Å²) in [6.45, 7) is 6.08. The van der Waals surface area contributed by atoms with E-state index in [1.165, 1.54) is 19.3 Å². The Bertz CT molecular complexity index is 375. The van der Waals surface area contributed by atoms with Crippen molar-refractivity contribution in [1.29, 1.82) is 0 Å². The molecule has 1 fully saturated rings. The second kappa shape index (κ2) is 6.87. The van der Waals surface area contributed by atoms with Gasteiger partial charge in [-0.2, -0.15) is 0 Å². The number of hydrogen-bond acceptors (Lipinski definition) is 4. The molecule has 1 heterocycles. The van der Waals surface area contributed by atoms with Gasteiger partial charge in [-0.1, -0.05) is 6.92 Å². The van der Waals surface area contributed by atoms with Gasteiger partial charge >= 0.3 is 0 Å². The van der Waals surface area contributed by atoms with Gasteiger partial charge in [0.25, 0.3) is 0 Å². The summed E-state index contributed by atoms with van der Waals surface area (Å²) < 4.78 is 0. The van der Waals surface area contributed by atoms with Gasteiger partial charge in [-0.25, -0.2) is 0 Å². The van der Waals surface area contributed by atoms with Gasteiger partial charge in [0.2, 0.25) is 0 Å².